The van der Waals surface area contributed by atoms with Crippen molar-refractivity contribution in [2.75, 3.05) is 25.9 Å². The van der Waals surface area contributed by atoms with Crippen molar-refractivity contribution in [3.05, 3.63) is 0 Å². The Hall–Kier alpha value is -0.620. The quantitative estimate of drug-likeness (QED) is 0.782. The van der Waals surface area contributed by atoms with Crippen molar-refractivity contribution in [1.29, 1.82) is 0 Å². The summed E-state index contributed by atoms with van der Waals surface area (Å²) in [5.74, 6) is -0.00627. The predicted molar refractivity (Wildman–Crippen MR) is 76.8 cm³/mol. The van der Waals surface area contributed by atoms with E-state index in [4.69, 9.17) is 0 Å². The number of sulfone groups is 1. The van der Waals surface area contributed by atoms with Crippen LogP contribution in [0.25, 0.3) is 0 Å². The van der Waals surface area contributed by atoms with Gasteiger partial charge in [0.1, 0.15) is 0 Å². The van der Waals surface area contributed by atoms with E-state index in [9.17, 15) is 13.2 Å². The highest BCUT2D eigenvalue weighted by Gasteiger charge is 2.39. The number of hydrogen-bond donors (Lipinski definition) is 2. The molecule has 0 aromatic carbocycles. The lowest BCUT2D eigenvalue weighted by atomic mass is 9.76. The average molecular weight is 290 g/mol. The maximum Gasteiger partial charge on any atom is 0.226 e. The summed E-state index contributed by atoms with van der Waals surface area (Å²) < 4.78 is 22.3. The van der Waals surface area contributed by atoms with Crippen LogP contribution in [0.1, 0.15) is 40.0 Å². The minimum Gasteiger partial charge on any atom is -0.354 e. The summed E-state index contributed by atoms with van der Waals surface area (Å²) in [5, 5.41) is 6.09. The smallest absolute Gasteiger partial charge is 0.226 e. The lowest BCUT2D eigenvalue weighted by Crippen LogP contribution is -2.51. The minimum absolute atomic E-state index is 0.00627. The van der Waals surface area contributed by atoms with Crippen molar-refractivity contribution < 1.29 is 13.2 Å². The first-order chi connectivity index (χ1) is 8.65. The molecule has 2 N–H and O–H groups in total. The van der Waals surface area contributed by atoms with E-state index in [-0.39, 0.29) is 17.9 Å². The Morgan fingerprint density at radius 3 is 2.26 bits per heavy atom. The largest absolute Gasteiger partial charge is 0.354 e. The van der Waals surface area contributed by atoms with Crippen LogP contribution in [-0.2, 0) is 14.6 Å². The summed E-state index contributed by atoms with van der Waals surface area (Å²) in [7, 11) is -3.18. The van der Waals surface area contributed by atoms with Gasteiger partial charge in [-0.3, -0.25) is 4.79 Å². The number of amides is 1. The molecule has 1 fully saturated rings. The van der Waals surface area contributed by atoms with Crippen LogP contribution in [0.15, 0.2) is 0 Å². The summed E-state index contributed by atoms with van der Waals surface area (Å²) in [4.78, 5) is 12.4. The summed E-state index contributed by atoms with van der Waals surface area (Å²) >= 11 is 0. The third-order valence-corrected chi connectivity index (χ3v) is 6.55. The minimum atomic E-state index is -3.18. The number of carbonyl (C=O) groups is 1. The van der Waals surface area contributed by atoms with Gasteiger partial charge in [0.2, 0.25) is 5.91 Å². The van der Waals surface area contributed by atoms with Crippen molar-refractivity contribution in [2.24, 2.45) is 5.41 Å². The van der Waals surface area contributed by atoms with Crippen LogP contribution < -0.4 is 10.6 Å². The third kappa shape index (κ3) is 3.69. The van der Waals surface area contributed by atoms with Crippen LogP contribution >= 0.6 is 0 Å². The first kappa shape index (κ1) is 16.4. The fraction of sp³-hybridized carbons (Fsp3) is 0.923. The molecule has 5 nitrogen and oxygen atoms in total. The molecule has 1 rings (SSSR count). The topological polar surface area (TPSA) is 75.3 Å². The highest BCUT2D eigenvalue weighted by atomic mass is 32.2. The highest BCUT2D eigenvalue weighted by Crippen LogP contribution is 2.32. The van der Waals surface area contributed by atoms with Gasteiger partial charge in [-0.15, -0.1) is 0 Å². The van der Waals surface area contributed by atoms with Gasteiger partial charge in [0.25, 0.3) is 0 Å². The Morgan fingerprint density at radius 1 is 1.32 bits per heavy atom. The number of rotatable bonds is 5. The van der Waals surface area contributed by atoms with E-state index in [0.717, 1.165) is 32.4 Å². The average Bonchev–Trinajstić information content (AvgIpc) is 2.35. The lowest BCUT2D eigenvalue weighted by molar-refractivity contribution is -0.132. The fourth-order valence-corrected chi connectivity index (χ4v) is 2.59. The molecule has 6 heteroatoms. The molecule has 1 aliphatic rings. The molecule has 0 unspecified atom stereocenters. The Kier molecular flexibility index (Phi) is 5.01. The van der Waals surface area contributed by atoms with Gasteiger partial charge < -0.3 is 10.6 Å². The summed E-state index contributed by atoms with van der Waals surface area (Å²) in [6.07, 6.45) is 3.63. The molecule has 19 heavy (non-hydrogen) atoms. The SMILES string of the molecule is CCC1(C(=O)NCC(C)(C)S(C)(=O)=O)CCNCC1. The second-order valence-corrected chi connectivity index (χ2v) is 8.75. The van der Waals surface area contributed by atoms with E-state index in [1.54, 1.807) is 13.8 Å². The van der Waals surface area contributed by atoms with Gasteiger partial charge in [0, 0.05) is 12.8 Å². The Bertz CT molecular complexity index is 423. The highest BCUT2D eigenvalue weighted by molar-refractivity contribution is 7.92. The summed E-state index contributed by atoms with van der Waals surface area (Å²) in [6.45, 7) is 7.16. The molecule has 1 aliphatic heterocycles. The molecule has 0 aromatic heterocycles. The van der Waals surface area contributed by atoms with Crippen LogP contribution in [0.2, 0.25) is 0 Å². The van der Waals surface area contributed by atoms with Crippen molar-refractivity contribution in [3.8, 4) is 0 Å². The third-order valence-electron chi connectivity index (χ3n) is 4.40. The number of hydrogen-bond acceptors (Lipinski definition) is 4. The van der Waals surface area contributed by atoms with Crippen molar-refractivity contribution >= 4 is 15.7 Å². The Balaban J connectivity index is 2.69. The molecule has 0 saturated carbocycles. The van der Waals surface area contributed by atoms with Crippen LogP contribution in [-0.4, -0.2) is 45.0 Å². The second kappa shape index (κ2) is 5.79. The molecule has 1 heterocycles. The molecular weight excluding hydrogens is 264 g/mol. The molecular formula is C13H26N2O3S. The standard InChI is InChI=1S/C13H26N2O3S/c1-5-13(6-8-14-9-7-13)11(16)15-10-12(2,3)19(4,17)18/h14H,5-10H2,1-4H3,(H,15,16). The molecule has 0 spiro atoms. The molecule has 0 atom stereocenters. The van der Waals surface area contributed by atoms with E-state index < -0.39 is 14.6 Å². The number of piperidine rings is 1. The van der Waals surface area contributed by atoms with Crippen LogP contribution in [0.4, 0.5) is 0 Å². The summed E-state index contributed by atoms with van der Waals surface area (Å²) in [5.41, 5.74) is -0.334. The molecule has 0 radical (unpaired) electrons. The van der Waals surface area contributed by atoms with Gasteiger partial charge in [-0.2, -0.15) is 0 Å². The number of carbonyl (C=O) groups excluding carboxylic acids is 1. The van der Waals surface area contributed by atoms with Crippen molar-refractivity contribution in [2.45, 2.75) is 44.8 Å². The maximum absolute atomic E-state index is 12.4. The first-order valence-electron chi connectivity index (χ1n) is 6.83. The van der Waals surface area contributed by atoms with Crippen LogP contribution in [0, 0.1) is 5.41 Å². The Morgan fingerprint density at radius 2 is 1.84 bits per heavy atom. The summed E-state index contributed by atoms with van der Waals surface area (Å²) in [6, 6.07) is 0. The van der Waals surface area contributed by atoms with Crippen LogP contribution in [0.5, 0.6) is 0 Å². The fourth-order valence-electron chi connectivity index (χ4n) is 2.26. The molecule has 1 amide bonds. The van der Waals surface area contributed by atoms with E-state index in [1.807, 2.05) is 6.92 Å². The zero-order chi connectivity index (χ0) is 14.7. The Labute approximate surface area is 116 Å². The lowest BCUT2D eigenvalue weighted by Gasteiger charge is -2.36. The molecule has 0 aromatic rings. The monoisotopic (exact) mass is 290 g/mol. The van der Waals surface area contributed by atoms with Crippen molar-refractivity contribution in [3.63, 3.8) is 0 Å². The van der Waals surface area contributed by atoms with E-state index in [1.165, 1.54) is 6.26 Å². The van der Waals surface area contributed by atoms with Gasteiger partial charge in [-0.1, -0.05) is 6.92 Å². The normalized spacial score (nSPS) is 20.0. The van der Waals surface area contributed by atoms with Gasteiger partial charge in [0.05, 0.1) is 10.2 Å². The van der Waals surface area contributed by atoms with Crippen molar-refractivity contribution in [1.82, 2.24) is 10.6 Å². The van der Waals surface area contributed by atoms with Gasteiger partial charge in [-0.05, 0) is 46.2 Å². The number of nitrogens with one attached hydrogen (secondary N) is 2. The molecule has 0 aliphatic carbocycles. The van der Waals surface area contributed by atoms with E-state index in [2.05, 4.69) is 10.6 Å². The second-order valence-electron chi connectivity index (χ2n) is 6.10. The molecule has 1 saturated heterocycles. The van der Waals surface area contributed by atoms with Crippen LogP contribution in [0.3, 0.4) is 0 Å². The first-order valence-corrected chi connectivity index (χ1v) is 8.72. The maximum atomic E-state index is 12.4. The van der Waals surface area contributed by atoms with E-state index in [0.29, 0.717) is 0 Å². The van der Waals surface area contributed by atoms with Gasteiger partial charge >= 0.3 is 0 Å². The molecule has 0 bridgehead atoms. The zero-order valence-corrected chi connectivity index (χ0v) is 13.2. The molecule has 112 valence electrons. The van der Waals surface area contributed by atoms with Gasteiger partial charge in [0.15, 0.2) is 9.84 Å². The van der Waals surface area contributed by atoms with Gasteiger partial charge in [-0.25, -0.2) is 8.42 Å². The zero-order valence-electron chi connectivity index (χ0n) is 12.4. The predicted octanol–water partition coefficient (Wildman–Crippen LogP) is 0.706. The van der Waals surface area contributed by atoms with E-state index >= 15 is 0 Å².